The highest BCUT2D eigenvalue weighted by Gasteiger charge is 2.16. The second kappa shape index (κ2) is 7.40. The van der Waals surface area contributed by atoms with E-state index in [0.717, 1.165) is 22.5 Å². The molecule has 3 aromatic rings. The van der Waals surface area contributed by atoms with E-state index < -0.39 is 0 Å². The number of halogens is 1. The normalized spacial score (nSPS) is 10.5. The lowest BCUT2D eigenvalue weighted by Crippen LogP contribution is -2.34. The van der Waals surface area contributed by atoms with Crippen molar-refractivity contribution in [3.63, 3.8) is 0 Å². The van der Waals surface area contributed by atoms with Gasteiger partial charge in [-0.25, -0.2) is 9.48 Å². The molecule has 0 aliphatic heterocycles. The number of nitrogens with one attached hydrogen (secondary N) is 1. The summed E-state index contributed by atoms with van der Waals surface area (Å²) in [5.74, 6) is 0. The number of rotatable bonds is 4. The van der Waals surface area contributed by atoms with E-state index >= 15 is 0 Å². The molecule has 0 bridgehead atoms. The fourth-order valence-electron chi connectivity index (χ4n) is 2.61. The van der Waals surface area contributed by atoms with Crippen LogP contribution in [0, 0.1) is 0 Å². The lowest BCUT2D eigenvalue weighted by atomic mass is 10.1. The fourth-order valence-corrected chi connectivity index (χ4v) is 2.73. The van der Waals surface area contributed by atoms with Gasteiger partial charge < -0.3 is 10.2 Å². The highest BCUT2D eigenvalue weighted by atomic mass is 35.5. The molecule has 0 unspecified atom stereocenters. The zero-order chi connectivity index (χ0) is 17.8. The first kappa shape index (κ1) is 17.0. The van der Waals surface area contributed by atoms with Crippen molar-refractivity contribution in [2.75, 3.05) is 14.1 Å². The Balaban J connectivity index is 2.03. The Bertz CT molecular complexity index is 859. The van der Waals surface area contributed by atoms with Crippen LogP contribution >= 0.6 is 11.6 Å². The van der Waals surface area contributed by atoms with Gasteiger partial charge in [0.05, 0.1) is 17.9 Å². The third-order valence-electron chi connectivity index (χ3n) is 3.90. The summed E-state index contributed by atoms with van der Waals surface area (Å²) < 4.78 is 1.83. The molecular formula is C19H19ClN4O. The summed E-state index contributed by atoms with van der Waals surface area (Å²) in [4.78, 5) is 13.5. The topological polar surface area (TPSA) is 50.2 Å². The molecule has 0 spiro atoms. The number of amides is 2. The number of carbonyl (C=O) groups is 1. The molecule has 1 heterocycles. The largest absolute Gasteiger partial charge is 0.341 e. The molecule has 1 N–H and O–H groups in total. The average molecular weight is 355 g/mol. The molecule has 25 heavy (non-hydrogen) atoms. The van der Waals surface area contributed by atoms with Crippen LogP contribution in [-0.2, 0) is 6.54 Å². The van der Waals surface area contributed by atoms with Crippen LogP contribution in [0.15, 0.2) is 60.8 Å². The number of carbonyl (C=O) groups excluding carboxylic acids is 1. The minimum absolute atomic E-state index is 0.144. The molecule has 3 rings (SSSR count). The predicted molar refractivity (Wildman–Crippen MR) is 99.9 cm³/mol. The van der Waals surface area contributed by atoms with E-state index in [2.05, 4.69) is 5.32 Å². The monoisotopic (exact) mass is 354 g/mol. The predicted octanol–water partition coefficient (Wildman–Crippen LogP) is 3.96. The highest BCUT2D eigenvalue weighted by molar-refractivity contribution is 6.30. The van der Waals surface area contributed by atoms with E-state index in [1.807, 2.05) is 65.5 Å². The Morgan fingerprint density at radius 3 is 2.48 bits per heavy atom. The average Bonchev–Trinajstić information content (AvgIpc) is 3.06. The number of urea groups is 1. The molecule has 5 nitrogen and oxygen atoms in total. The van der Waals surface area contributed by atoms with Crippen molar-refractivity contribution in [2.45, 2.75) is 6.54 Å². The van der Waals surface area contributed by atoms with Crippen molar-refractivity contribution in [3.05, 3.63) is 71.4 Å². The van der Waals surface area contributed by atoms with Gasteiger partial charge >= 0.3 is 6.03 Å². The Hall–Kier alpha value is -2.79. The highest BCUT2D eigenvalue weighted by Crippen LogP contribution is 2.26. The number of hydrogen-bond acceptors (Lipinski definition) is 2. The molecule has 1 aromatic heterocycles. The maximum atomic E-state index is 11.9. The Morgan fingerprint density at radius 1 is 1.16 bits per heavy atom. The molecule has 0 fully saturated rings. The quantitative estimate of drug-likeness (QED) is 0.770. The SMILES string of the molecule is CNC(=O)N(C)Cc1cn(-c2ccccc2)nc1-c1ccc(Cl)cc1. The van der Waals surface area contributed by atoms with Gasteiger partial charge in [0.2, 0.25) is 0 Å². The van der Waals surface area contributed by atoms with E-state index in [4.69, 9.17) is 16.7 Å². The van der Waals surface area contributed by atoms with Gasteiger partial charge in [0.15, 0.2) is 0 Å². The zero-order valence-corrected chi connectivity index (χ0v) is 14.9. The number of benzene rings is 2. The smallest absolute Gasteiger partial charge is 0.317 e. The van der Waals surface area contributed by atoms with Gasteiger partial charge in [-0.3, -0.25) is 0 Å². The summed E-state index contributed by atoms with van der Waals surface area (Å²) in [6.07, 6.45) is 1.96. The minimum Gasteiger partial charge on any atom is -0.341 e. The fraction of sp³-hybridized carbons (Fsp3) is 0.158. The first-order valence-corrected chi connectivity index (χ1v) is 8.29. The first-order valence-electron chi connectivity index (χ1n) is 7.91. The number of aromatic nitrogens is 2. The van der Waals surface area contributed by atoms with Gasteiger partial charge in [0, 0.05) is 36.4 Å². The van der Waals surface area contributed by atoms with E-state index in [-0.39, 0.29) is 6.03 Å². The van der Waals surface area contributed by atoms with Crippen LogP contribution in [0.1, 0.15) is 5.56 Å². The Morgan fingerprint density at radius 2 is 1.84 bits per heavy atom. The molecule has 2 amide bonds. The molecular weight excluding hydrogens is 336 g/mol. The standard InChI is InChI=1S/C19H19ClN4O/c1-21-19(25)23(2)12-15-13-24(17-6-4-3-5-7-17)22-18(15)14-8-10-16(20)11-9-14/h3-11,13H,12H2,1-2H3,(H,21,25). The summed E-state index contributed by atoms with van der Waals surface area (Å²) in [6, 6.07) is 17.3. The van der Waals surface area contributed by atoms with Crippen molar-refractivity contribution in [1.29, 1.82) is 0 Å². The van der Waals surface area contributed by atoms with Crippen molar-refractivity contribution >= 4 is 17.6 Å². The van der Waals surface area contributed by atoms with Crippen LogP contribution in [0.2, 0.25) is 5.02 Å². The molecule has 0 saturated carbocycles. The van der Waals surface area contributed by atoms with E-state index in [9.17, 15) is 4.79 Å². The van der Waals surface area contributed by atoms with Gasteiger partial charge in [-0.05, 0) is 24.3 Å². The van der Waals surface area contributed by atoms with Gasteiger partial charge in [-0.15, -0.1) is 0 Å². The Labute approximate surface area is 151 Å². The number of hydrogen-bond donors (Lipinski definition) is 1. The van der Waals surface area contributed by atoms with Gasteiger partial charge in [-0.2, -0.15) is 5.10 Å². The van der Waals surface area contributed by atoms with Crippen LogP contribution in [0.4, 0.5) is 4.79 Å². The van der Waals surface area contributed by atoms with Gasteiger partial charge in [-0.1, -0.05) is 41.9 Å². The number of nitrogens with zero attached hydrogens (tertiary/aromatic N) is 3. The molecule has 0 saturated heterocycles. The summed E-state index contributed by atoms with van der Waals surface area (Å²) in [6.45, 7) is 0.449. The van der Waals surface area contributed by atoms with E-state index in [0.29, 0.717) is 11.6 Å². The second-order valence-corrected chi connectivity index (χ2v) is 6.14. The third-order valence-corrected chi connectivity index (χ3v) is 4.15. The van der Waals surface area contributed by atoms with E-state index in [1.54, 1.807) is 19.0 Å². The lowest BCUT2D eigenvalue weighted by Gasteiger charge is -2.16. The Kier molecular flexibility index (Phi) is 5.05. The van der Waals surface area contributed by atoms with Crippen molar-refractivity contribution in [1.82, 2.24) is 20.0 Å². The van der Waals surface area contributed by atoms with Crippen LogP contribution in [0.3, 0.4) is 0 Å². The second-order valence-electron chi connectivity index (χ2n) is 5.70. The van der Waals surface area contributed by atoms with Gasteiger partial charge in [0.1, 0.15) is 0 Å². The van der Waals surface area contributed by atoms with Crippen molar-refractivity contribution in [2.24, 2.45) is 0 Å². The van der Waals surface area contributed by atoms with Crippen LogP contribution < -0.4 is 5.32 Å². The molecule has 0 aliphatic carbocycles. The van der Waals surface area contributed by atoms with Crippen LogP contribution in [0.25, 0.3) is 16.9 Å². The van der Waals surface area contributed by atoms with Crippen LogP contribution in [-0.4, -0.2) is 34.8 Å². The van der Waals surface area contributed by atoms with Crippen LogP contribution in [0.5, 0.6) is 0 Å². The van der Waals surface area contributed by atoms with Crippen molar-refractivity contribution < 1.29 is 4.79 Å². The summed E-state index contributed by atoms with van der Waals surface area (Å²) in [7, 11) is 3.37. The summed E-state index contributed by atoms with van der Waals surface area (Å²) in [5, 5.41) is 8.04. The molecule has 6 heteroatoms. The maximum absolute atomic E-state index is 11.9. The number of para-hydroxylation sites is 1. The molecule has 128 valence electrons. The first-order chi connectivity index (χ1) is 12.1. The zero-order valence-electron chi connectivity index (χ0n) is 14.1. The minimum atomic E-state index is -0.144. The summed E-state index contributed by atoms with van der Waals surface area (Å²) >= 11 is 6.00. The molecule has 0 aliphatic rings. The lowest BCUT2D eigenvalue weighted by molar-refractivity contribution is 0.209. The van der Waals surface area contributed by atoms with Crippen molar-refractivity contribution in [3.8, 4) is 16.9 Å². The third kappa shape index (κ3) is 3.83. The van der Waals surface area contributed by atoms with E-state index in [1.165, 1.54) is 0 Å². The maximum Gasteiger partial charge on any atom is 0.317 e. The van der Waals surface area contributed by atoms with Gasteiger partial charge in [0.25, 0.3) is 0 Å². The molecule has 0 atom stereocenters. The molecule has 2 aromatic carbocycles. The molecule has 0 radical (unpaired) electrons. The summed E-state index contributed by atoms with van der Waals surface area (Å²) in [5.41, 5.74) is 3.71.